The highest BCUT2D eigenvalue weighted by molar-refractivity contribution is 5.84. The van der Waals surface area contributed by atoms with Gasteiger partial charge >= 0.3 is 5.97 Å². The van der Waals surface area contributed by atoms with Gasteiger partial charge in [0.1, 0.15) is 29.7 Å². The first-order chi connectivity index (χ1) is 20.3. The Kier molecular flexibility index (Phi) is 9.87. The summed E-state index contributed by atoms with van der Waals surface area (Å²) in [5.41, 5.74) is 2.49. The average Bonchev–Trinajstić information content (AvgIpc) is 2.98. The SMILES string of the molecule is COc1ccc2ncc(CN3CCOCC3)c(CCCC3(C(=O)O)CCN(CCOc4cc(F)cc(F)c4)CC3)c2c1. The molecule has 1 N–H and O–H groups in total. The van der Waals surface area contributed by atoms with Crippen molar-refractivity contribution in [3.63, 3.8) is 0 Å². The summed E-state index contributed by atoms with van der Waals surface area (Å²) in [5.74, 6) is -1.18. The summed E-state index contributed by atoms with van der Waals surface area (Å²) in [4.78, 5) is 21.8. The monoisotopic (exact) mass is 583 g/mol. The van der Waals surface area contributed by atoms with Crippen molar-refractivity contribution in [2.75, 3.05) is 59.7 Å². The number of carboxylic acid groups (broad SMARTS) is 1. The number of hydrogen-bond acceptors (Lipinski definition) is 7. The molecular weight excluding hydrogens is 544 g/mol. The fraction of sp³-hybridized carbons (Fsp3) is 0.500. The molecule has 0 aliphatic carbocycles. The molecule has 0 unspecified atom stereocenters. The summed E-state index contributed by atoms with van der Waals surface area (Å²) in [6.45, 7) is 6.06. The minimum absolute atomic E-state index is 0.152. The van der Waals surface area contributed by atoms with E-state index in [0.717, 1.165) is 86.1 Å². The van der Waals surface area contributed by atoms with Crippen molar-refractivity contribution in [1.82, 2.24) is 14.8 Å². The number of rotatable bonds is 12. The van der Waals surface area contributed by atoms with Crippen molar-refractivity contribution in [3.05, 3.63) is 65.4 Å². The lowest BCUT2D eigenvalue weighted by Gasteiger charge is -2.39. The molecular formula is C32H39F2N3O5. The number of benzene rings is 2. The molecule has 5 rings (SSSR count). The summed E-state index contributed by atoms with van der Waals surface area (Å²) >= 11 is 0. The second-order valence-electron chi connectivity index (χ2n) is 11.3. The van der Waals surface area contributed by atoms with Crippen LogP contribution in [-0.2, 0) is 22.5 Å². The smallest absolute Gasteiger partial charge is 0.309 e. The van der Waals surface area contributed by atoms with Crippen LogP contribution in [0.25, 0.3) is 10.9 Å². The quantitative estimate of drug-likeness (QED) is 0.322. The van der Waals surface area contributed by atoms with Gasteiger partial charge in [0.2, 0.25) is 0 Å². The number of carboxylic acids is 1. The van der Waals surface area contributed by atoms with Gasteiger partial charge in [0, 0.05) is 56.0 Å². The van der Waals surface area contributed by atoms with E-state index < -0.39 is 23.0 Å². The minimum Gasteiger partial charge on any atom is -0.497 e. The number of fused-ring (bicyclic) bond motifs is 1. The van der Waals surface area contributed by atoms with Crippen LogP contribution in [0, 0.1) is 17.0 Å². The Morgan fingerprint density at radius 2 is 1.76 bits per heavy atom. The Morgan fingerprint density at radius 1 is 1.02 bits per heavy atom. The van der Waals surface area contributed by atoms with E-state index in [9.17, 15) is 18.7 Å². The number of morpholine rings is 1. The first kappa shape index (κ1) is 30.1. The first-order valence-corrected chi connectivity index (χ1v) is 14.6. The van der Waals surface area contributed by atoms with Gasteiger partial charge < -0.3 is 19.3 Å². The molecule has 42 heavy (non-hydrogen) atoms. The predicted octanol–water partition coefficient (Wildman–Crippen LogP) is 4.92. The fourth-order valence-electron chi connectivity index (χ4n) is 6.11. The van der Waals surface area contributed by atoms with Crippen LogP contribution in [0.4, 0.5) is 8.78 Å². The Bertz CT molecular complexity index is 1350. The molecule has 0 radical (unpaired) electrons. The van der Waals surface area contributed by atoms with Crippen LogP contribution in [0.2, 0.25) is 0 Å². The number of ether oxygens (including phenoxy) is 3. The molecule has 3 aromatic rings. The highest BCUT2D eigenvalue weighted by atomic mass is 19.1. The third kappa shape index (κ3) is 7.35. The van der Waals surface area contributed by atoms with Crippen molar-refractivity contribution in [2.45, 2.75) is 38.6 Å². The third-order valence-corrected chi connectivity index (χ3v) is 8.63. The van der Waals surface area contributed by atoms with E-state index in [4.69, 9.17) is 19.2 Å². The van der Waals surface area contributed by atoms with E-state index >= 15 is 0 Å². The molecule has 2 saturated heterocycles. The zero-order valence-corrected chi connectivity index (χ0v) is 24.1. The fourth-order valence-corrected chi connectivity index (χ4v) is 6.11. The number of aryl methyl sites for hydroxylation is 1. The number of aromatic nitrogens is 1. The Hall–Kier alpha value is -3.34. The van der Waals surface area contributed by atoms with E-state index in [1.54, 1.807) is 7.11 Å². The second-order valence-corrected chi connectivity index (χ2v) is 11.3. The number of piperidine rings is 1. The van der Waals surface area contributed by atoms with Gasteiger partial charge in [0.05, 0.1) is 31.3 Å². The van der Waals surface area contributed by atoms with Crippen LogP contribution in [0.5, 0.6) is 11.5 Å². The number of nitrogens with zero attached hydrogens (tertiary/aromatic N) is 3. The summed E-state index contributed by atoms with van der Waals surface area (Å²) in [5, 5.41) is 11.4. The molecule has 2 aliphatic rings. The Labute approximate surface area is 245 Å². The molecule has 1 aromatic heterocycles. The van der Waals surface area contributed by atoms with E-state index in [1.165, 1.54) is 5.56 Å². The molecule has 2 aromatic carbocycles. The highest BCUT2D eigenvalue weighted by Crippen LogP contribution is 2.38. The molecule has 2 aliphatic heterocycles. The lowest BCUT2D eigenvalue weighted by atomic mass is 9.74. The molecule has 3 heterocycles. The molecule has 0 spiro atoms. The largest absolute Gasteiger partial charge is 0.497 e. The first-order valence-electron chi connectivity index (χ1n) is 14.6. The van der Waals surface area contributed by atoms with Gasteiger partial charge in [0.15, 0.2) is 0 Å². The van der Waals surface area contributed by atoms with Gasteiger partial charge in [-0.15, -0.1) is 0 Å². The van der Waals surface area contributed by atoms with Crippen molar-refractivity contribution < 1.29 is 32.9 Å². The van der Waals surface area contributed by atoms with E-state index in [0.29, 0.717) is 38.9 Å². The van der Waals surface area contributed by atoms with E-state index in [-0.39, 0.29) is 12.4 Å². The van der Waals surface area contributed by atoms with Crippen molar-refractivity contribution in [3.8, 4) is 11.5 Å². The molecule has 0 saturated carbocycles. The molecule has 10 heteroatoms. The number of aliphatic carboxylic acids is 1. The van der Waals surface area contributed by atoms with Crippen LogP contribution in [0.1, 0.15) is 36.8 Å². The minimum atomic E-state index is -0.784. The zero-order chi connectivity index (χ0) is 29.5. The van der Waals surface area contributed by atoms with Crippen LogP contribution in [0.15, 0.2) is 42.6 Å². The standard InChI is InChI=1S/C32H39F2N3O5/c1-40-26-4-5-30-29(20-26)28(23(21-35-30)22-37-11-14-41-15-12-37)3-2-6-32(31(38)39)7-9-36(10-8-32)13-16-42-27-18-24(33)17-25(34)19-27/h4-5,17-21H,2-3,6-16,22H2,1H3,(H,38,39). The van der Waals surface area contributed by atoms with Gasteiger partial charge in [-0.3, -0.25) is 19.6 Å². The number of pyridine rings is 1. The Morgan fingerprint density at radius 3 is 2.45 bits per heavy atom. The highest BCUT2D eigenvalue weighted by Gasteiger charge is 2.41. The Balaban J connectivity index is 1.22. The second kappa shape index (κ2) is 13.8. The van der Waals surface area contributed by atoms with Crippen molar-refractivity contribution >= 4 is 16.9 Å². The lowest BCUT2D eigenvalue weighted by Crippen LogP contribution is -2.45. The third-order valence-electron chi connectivity index (χ3n) is 8.63. The topological polar surface area (TPSA) is 84.4 Å². The number of halogens is 2. The van der Waals surface area contributed by atoms with Crippen molar-refractivity contribution in [2.24, 2.45) is 5.41 Å². The van der Waals surface area contributed by atoms with E-state index in [2.05, 4.69) is 9.80 Å². The molecule has 0 amide bonds. The van der Waals surface area contributed by atoms with Crippen molar-refractivity contribution in [1.29, 1.82) is 0 Å². The summed E-state index contributed by atoms with van der Waals surface area (Å²) in [6, 6.07) is 9.04. The van der Waals surface area contributed by atoms with Gasteiger partial charge in [0.25, 0.3) is 0 Å². The lowest BCUT2D eigenvalue weighted by molar-refractivity contribution is -0.152. The van der Waals surface area contributed by atoms with Gasteiger partial charge in [-0.25, -0.2) is 8.78 Å². The van der Waals surface area contributed by atoms with Gasteiger partial charge in [-0.1, -0.05) is 0 Å². The molecule has 226 valence electrons. The molecule has 8 nitrogen and oxygen atoms in total. The van der Waals surface area contributed by atoms with Gasteiger partial charge in [-0.2, -0.15) is 0 Å². The van der Waals surface area contributed by atoms with Crippen LogP contribution < -0.4 is 9.47 Å². The molecule has 2 fully saturated rings. The maximum atomic E-state index is 13.4. The molecule has 0 atom stereocenters. The molecule has 0 bridgehead atoms. The normalized spacial score (nSPS) is 17.8. The van der Waals surface area contributed by atoms with E-state index in [1.807, 2.05) is 24.4 Å². The van der Waals surface area contributed by atoms with Gasteiger partial charge in [-0.05, 0) is 74.5 Å². The number of hydrogen-bond donors (Lipinski definition) is 1. The number of likely N-dealkylation sites (tertiary alicyclic amines) is 1. The summed E-state index contributed by atoms with van der Waals surface area (Å²) in [6.07, 6.45) is 5.13. The maximum absolute atomic E-state index is 13.4. The van der Waals surface area contributed by atoms with Crippen LogP contribution in [-0.4, -0.2) is 85.5 Å². The number of methoxy groups -OCH3 is 1. The van der Waals surface area contributed by atoms with Crippen LogP contribution >= 0.6 is 0 Å². The zero-order valence-electron chi connectivity index (χ0n) is 24.1. The number of carbonyl (C=O) groups is 1. The summed E-state index contributed by atoms with van der Waals surface area (Å²) < 4.78 is 43.4. The maximum Gasteiger partial charge on any atom is 0.309 e. The summed E-state index contributed by atoms with van der Waals surface area (Å²) in [7, 11) is 1.66. The predicted molar refractivity (Wildman–Crippen MR) is 155 cm³/mol. The van der Waals surface area contributed by atoms with Crippen LogP contribution in [0.3, 0.4) is 0 Å². The average molecular weight is 584 g/mol.